The minimum atomic E-state index is -2.64. The van der Waals surface area contributed by atoms with Crippen LogP contribution in [0.2, 0.25) is 0 Å². The summed E-state index contributed by atoms with van der Waals surface area (Å²) in [6.45, 7) is 5.46. The van der Waals surface area contributed by atoms with Crippen LogP contribution in [-0.2, 0) is 4.79 Å². The molecule has 41 heavy (non-hydrogen) atoms. The second kappa shape index (κ2) is 12.9. The van der Waals surface area contributed by atoms with Crippen molar-refractivity contribution in [1.29, 1.82) is 0 Å². The lowest BCUT2D eigenvalue weighted by Gasteiger charge is -2.41. The van der Waals surface area contributed by atoms with Gasteiger partial charge in [0.25, 0.3) is 0 Å². The Kier molecular flexibility index (Phi) is 9.24. The number of hydrogen-bond donors (Lipinski definition) is 1. The van der Waals surface area contributed by atoms with Gasteiger partial charge in [0.05, 0.1) is 6.04 Å². The van der Waals surface area contributed by atoms with Gasteiger partial charge in [0, 0.05) is 60.8 Å². The van der Waals surface area contributed by atoms with Crippen LogP contribution in [0.1, 0.15) is 106 Å². The zero-order valence-electron chi connectivity index (χ0n) is 24.1. The van der Waals surface area contributed by atoms with Gasteiger partial charge in [0.2, 0.25) is 11.8 Å². The predicted molar refractivity (Wildman–Crippen MR) is 152 cm³/mol. The first-order valence-corrected chi connectivity index (χ1v) is 15.2. The van der Waals surface area contributed by atoms with Crippen molar-refractivity contribution in [3.8, 4) is 0 Å². The molecule has 1 amide bonds. The average Bonchev–Trinajstić information content (AvgIpc) is 3.46. The third kappa shape index (κ3) is 6.89. The van der Waals surface area contributed by atoms with E-state index in [4.69, 9.17) is 5.53 Å². The van der Waals surface area contributed by atoms with Crippen LogP contribution < -0.4 is 5.32 Å². The van der Waals surface area contributed by atoms with Gasteiger partial charge in [-0.15, -0.1) is 10.2 Å². The largest absolute Gasteiger partial charge is 0.349 e. The Hall–Kier alpha value is -3.04. The molecule has 0 spiro atoms. The maximum absolute atomic E-state index is 13.7. The molecule has 1 N–H and O–H groups in total. The van der Waals surface area contributed by atoms with Crippen LogP contribution >= 0.6 is 0 Å². The van der Waals surface area contributed by atoms with Crippen LogP contribution in [0.5, 0.6) is 0 Å². The molecule has 2 aliphatic heterocycles. The molecule has 1 saturated carbocycles. The summed E-state index contributed by atoms with van der Waals surface area (Å²) in [4.78, 5) is 18.7. The van der Waals surface area contributed by atoms with Gasteiger partial charge in [-0.05, 0) is 69.4 Å². The van der Waals surface area contributed by atoms with E-state index in [9.17, 15) is 13.6 Å². The van der Waals surface area contributed by atoms with E-state index in [0.29, 0.717) is 24.7 Å². The molecule has 3 heterocycles. The van der Waals surface area contributed by atoms with E-state index in [2.05, 4.69) is 41.9 Å². The Bertz CT molecular complexity index is 1210. The summed E-state index contributed by atoms with van der Waals surface area (Å²) in [5, 5.41) is 15.9. The number of aryl methyl sites for hydroxylation is 1. The van der Waals surface area contributed by atoms with Gasteiger partial charge in [-0.25, -0.2) is 8.78 Å². The molecule has 3 unspecified atom stereocenters. The van der Waals surface area contributed by atoms with Crippen LogP contribution in [0.3, 0.4) is 0 Å². The van der Waals surface area contributed by atoms with Gasteiger partial charge >= 0.3 is 0 Å². The van der Waals surface area contributed by atoms with E-state index in [0.717, 1.165) is 62.3 Å². The summed E-state index contributed by atoms with van der Waals surface area (Å²) in [5.41, 5.74) is 9.70. The molecule has 11 heteroatoms. The second-order valence-corrected chi connectivity index (χ2v) is 12.3. The van der Waals surface area contributed by atoms with E-state index < -0.39 is 5.92 Å². The number of azide groups is 1. The van der Waals surface area contributed by atoms with Crippen LogP contribution in [0.15, 0.2) is 35.4 Å². The monoisotopic (exact) mass is 568 g/mol. The molecule has 9 nitrogen and oxygen atoms in total. The summed E-state index contributed by atoms with van der Waals surface area (Å²) in [7, 11) is 0. The Labute approximate surface area is 240 Å². The van der Waals surface area contributed by atoms with Gasteiger partial charge in [-0.1, -0.05) is 42.4 Å². The summed E-state index contributed by atoms with van der Waals surface area (Å²) < 4.78 is 29.7. The Balaban J connectivity index is 1.23. The number of nitrogens with zero attached hydrogens (tertiary/aromatic N) is 7. The van der Waals surface area contributed by atoms with Crippen molar-refractivity contribution in [3.63, 3.8) is 0 Å². The maximum Gasteiger partial charge on any atom is 0.248 e. The number of fused-ring (bicyclic) bond motifs is 2. The lowest BCUT2D eigenvalue weighted by atomic mass is 9.86. The second-order valence-electron chi connectivity index (χ2n) is 12.3. The number of benzene rings is 1. The molecule has 3 fully saturated rings. The fourth-order valence-corrected chi connectivity index (χ4v) is 7.30. The van der Waals surface area contributed by atoms with Crippen LogP contribution in [-0.4, -0.2) is 56.7 Å². The van der Waals surface area contributed by atoms with Crippen molar-refractivity contribution in [2.75, 3.05) is 13.1 Å². The molecule has 4 atom stereocenters. The first kappa shape index (κ1) is 29.5. The minimum Gasteiger partial charge on any atom is -0.349 e. The van der Waals surface area contributed by atoms with Crippen molar-refractivity contribution in [3.05, 3.63) is 58.0 Å². The molecule has 5 rings (SSSR count). The highest BCUT2D eigenvalue weighted by atomic mass is 19.3. The van der Waals surface area contributed by atoms with E-state index >= 15 is 0 Å². The zero-order chi connectivity index (χ0) is 29.0. The number of nitrogens with one attached hydrogen (secondary N) is 1. The summed E-state index contributed by atoms with van der Waals surface area (Å²) in [5.74, 6) is -1.02. The molecule has 2 aromatic rings. The number of piperidine rings is 1. The van der Waals surface area contributed by atoms with Gasteiger partial charge in [0.15, 0.2) is 0 Å². The van der Waals surface area contributed by atoms with E-state index in [1.54, 1.807) is 0 Å². The smallest absolute Gasteiger partial charge is 0.248 e. The van der Waals surface area contributed by atoms with Crippen molar-refractivity contribution in [2.24, 2.45) is 11.0 Å². The number of carbonyl (C=O) groups excluding carboxylic acids is 1. The topological polar surface area (TPSA) is 112 Å². The van der Waals surface area contributed by atoms with Crippen LogP contribution in [0, 0.1) is 12.8 Å². The first-order chi connectivity index (χ1) is 19.8. The normalized spacial score (nSPS) is 25.8. The van der Waals surface area contributed by atoms with Gasteiger partial charge in [-0.2, -0.15) is 0 Å². The summed E-state index contributed by atoms with van der Waals surface area (Å²) in [6.07, 6.45) is 5.96. The Morgan fingerprint density at radius 3 is 2.44 bits per heavy atom. The molecule has 1 aromatic carbocycles. The molecule has 222 valence electrons. The number of rotatable bonds is 11. The van der Waals surface area contributed by atoms with Gasteiger partial charge in [0.1, 0.15) is 11.6 Å². The average molecular weight is 569 g/mol. The third-order valence-corrected chi connectivity index (χ3v) is 9.57. The molecule has 0 radical (unpaired) electrons. The molecule has 2 saturated heterocycles. The molecule has 1 aliphatic carbocycles. The Morgan fingerprint density at radius 2 is 1.78 bits per heavy atom. The quantitative estimate of drug-likeness (QED) is 0.186. The maximum atomic E-state index is 13.7. The number of carbonyl (C=O) groups is 1. The minimum absolute atomic E-state index is 0.0961. The zero-order valence-corrected chi connectivity index (χ0v) is 24.1. The fourth-order valence-electron chi connectivity index (χ4n) is 7.30. The summed E-state index contributed by atoms with van der Waals surface area (Å²) >= 11 is 0. The van der Waals surface area contributed by atoms with Crippen molar-refractivity contribution < 1.29 is 13.6 Å². The molecular weight excluding hydrogens is 526 g/mol. The number of alkyl halides is 2. The lowest BCUT2D eigenvalue weighted by molar-refractivity contribution is -0.130. The highest BCUT2D eigenvalue weighted by Gasteiger charge is 2.43. The fraction of sp³-hybridized carbons (Fsp3) is 0.700. The first-order valence-electron chi connectivity index (χ1n) is 15.2. The molecule has 1 aromatic heterocycles. The van der Waals surface area contributed by atoms with E-state index in [1.165, 1.54) is 0 Å². The predicted octanol–water partition coefficient (Wildman–Crippen LogP) is 6.63. The van der Waals surface area contributed by atoms with Crippen molar-refractivity contribution in [1.82, 2.24) is 25.0 Å². The molecule has 3 aliphatic rings. The summed E-state index contributed by atoms with van der Waals surface area (Å²) in [6, 6.07) is 11.1. The van der Waals surface area contributed by atoms with Gasteiger partial charge in [-0.3, -0.25) is 9.69 Å². The highest BCUT2D eigenvalue weighted by molar-refractivity contribution is 5.79. The SMILES string of the molecule is Cc1nnc(C(C)CCN=[N+]=[N-])n1C1CC2CCC(C1)N2CC[C@H](NC(=O)C1CCC(F)(F)CC1)c1ccccc1. The van der Waals surface area contributed by atoms with Crippen molar-refractivity contribution in [2.45, 2.75) is 114 Å². The third-order valence-electron chi connectivity index (χ3n) is 9.57. The number of aromatic nitrogens is 3. The number of halogens is 2. The van der Waals surface area contributed by atoms with Gasteiger partial charge < -0.3 is 9.88 Å². The molecule has 2 bridgehead atoms. The van der Waals surface area contributed by atoms with E-state index in [1.807, 2.05) is 37.3 Å². The number of hydrogen-bond acceptors (Lipinski definition) is 5. The van der Waals surface area contributed by atoms with E-state index in [-0.39, 0.29) is 49.5 Å². The standard InChI is InChI=1S/C30H42F2N8O/c1-20(12-16-34-38-33)28-37-36-21(2)40(28)26-18-24-8-9-25(19-26)39(24)17-13-27(22-6-4-3-5-7-22)35-29(41)23-10-14-30(31,32)15-11-23/h3-7,20,23-27H,8-19H2,1-2H3,(H,35,41)/t20?,24?,25?,26?,27-/m0/s1. The molecular formula is C30H42F2N8O. The van der Waals surface area contributed by atoms with Crippen LogP contribution in [0.25, 0.3) is 10.4 Å². The highest BCUT2D eigenvalue weighted by Crippen LogP contribution is 2.43. The number of amides is 1. The van der Waals surface area contributed by atoms with Crippen molar-refractivity contribution >= 4 is 5.91 Å². The Morgan fingerprint density at radius 1 is 1.10 bits per heavy atom. The lowest BCUT2D eigenvalue weighted by Crippen LogP contribution is -2.45. The van der Waals surface area contributed by atoms with Crippen LogP contribution in [0.4, 0.5) is 8.78 Å².